The summed E-state index contributed by atoms with van der Waals surface area (Å²) >= 11 is 0. The molecule has 1 aliphatic rings. The van der Waals surface area contributed by atoms with Crippen molar-refractivity contribution in [2.24, 2.45) is 0 Å². The Morgan fingerprint density at radius 3 is 2.73 bits per heavy atom. The Kier molecular flexibility index (Phi) is 5.46. The monoisotopic (exact) mass is 360 g/mol. The number of ether oxygens (including phenoxy) is 1. The van der Waals surface area contributed by atoms with Crippen molar-refractivity contribution in [3.63, 3.8) is 0 Å². The molecular weight excluding hydrogens is 342 g/mol. The molecule has 0 aromatic heterocycles. The van der Waals surface area contributed by atoms with Gasteiger partial charge >= 0.3 is 6.61 Å². The fraction of sp³-hybridized carbons (Fsp3) is 0.263. The maximum Gasteiger partial charge on any atom is 0.387 e. The molecule has 2 aromatic rings. The Balaban J connectivity index is 1.64. The van der Waals surface area contributed by atoms with E-state index in [0.29, 0.717) is 29.8 Å². The van der Waals surface area contributed by atoms with Gasteiger partial charge in [0.15, 0.2) is 0 Å². The number of halogens is 2. The van der Waals surface area contributed by atoms with Crippen LogP contribution in [0.15, 0.2) is 48.5 Å². The molecule has 0 saturated carbocycles. The summed E-state index contributed by atoms with van der Waals surface area (Å²) in [5.41, 5.74) is 1.78. The van der Waals surface area contributed by atoms with Crippen molar-refractivity contribution in [2.45, 2.75) is 26.0 Å². The van der Waals surface area contributed by atoms with E-state index < -0.39 is 6.61 Å². The van der Waals surface area contributed by atoms with Gasteiger partial charge in [-0.2, -0.15) is 8.78 Å². The second kappa shape index (κ2) is 7.95. The van der Waals surface area contributed by atoms with Crippen LogP contribution < -0.4 is 15.0 Å². The smallest absolute Gasteiger partial charge is 0.387 e. The van der Waals surface area contributed by atoms with Gasteiger partial charge in [-0.15, -0.1) is 0 Å². The van der Waals surface area contributed by atoms with Crippen LogP contribution in [0.5, 0.6) is 5.75 Å². The molecule has 1 N–H and O–H groups in total. The van der Waals surface area contributed by atoms with Crippen LogP contribution in [0, 0.1) is 0 Å². The third-order valence-corrected chi connectivity index (χ3v) is 4.07. The molecule has 5 nitrogen and oxygen atoms in total. The molecule has 7 heteroatoms. The number of hydrogen-bond donors (Lipinski definition) is 1. The van der Waals surface area contributed by atoms with Crippen molar-refractivity contribution < 1.29 is 23.1 Å². The highest BCUT2D eigenvalue weighted by Crippen LogP contribution is 2.22. The van der Waals surface area contributed by atoms with Crippen LogP contribution in [-0.2, 0) is 11.3 Å². The molecule has 0 spiro atoms. The van der Waals surface area contributed by atoms with Gasteiger partial charge in [0.2, 0.25) is 5.91 Å². The lowest BCUT2D eigenvalue weighted by molar-refractivity contribution is -0.117. The average molecular weight is 360 g/mol. The van der Waals surface area contributed by atoms with Crippen molar-refractivity contribution in [3.8, 4) is 5.75 Å². The van der Waals surface area contributed by atoms with Gasteiger partial charge < -0.3 is 15.0 Å². The first kappa shape index (κ1) is 17.8. The van der Waals surface area contributed by atoms with Crippen LogP contribution in [0.1, 0.15) is 28.8 Å². The summed E-state index contributed by atoms with van der Waals surface area (Å²) in [5.74, 6) is -0.210. The minimum Gasteiger partial charge on any atom is -0.435 e. The molecule has 0 atom stereocenters. The summed E-state index contributed by atoms with van der Waals surface area (Å²) in [5, 5.41) is 2.74. The number of anilines is 1. The summed E-state index contributed by atoms with van der Waals surface area (Å²) in [6, 6.07) is 13.0. The summed E-state index contributed by atoms with van der Waals surface area (Å²) in [7, 11) is 0. The van der Waals surface area contributed by atoms with Crippen LogP contribution >= 0.6 is 0 Å². The van der Waals surface area contributed by atoms with Gasteiger partial charge in [-0.1, -0.05) is 18.2 Å². The van der Waals surface area contributed by atoms with Crippen LogP contribution in [0.2, 0.25) is 0 Å². The van der Waals surface area contributed by atoms with Gasteiger partial charge in [-0.3, -0.25) is 9.59 Å². The maximum atomic E-state index is 12.4. The molecular formula is C19H18F2N2O3. The lowest BCUT2D eigenvalue weighted by Crippen LogP contribution is -2.25. The molecule has 0 unspecified atom stereocenters. The molecule has 3 rings (SSSR count). The van der Waals surface area contributed by atoms with E-state index in [0.717, 1.165) is 6.42 Å². The van der Waals surface area contributed by atoms with Crippen molar-refractivity contribution >= 4 is 17.5 Å². The van der Waals surface area contributed by atoms with Gasteiger partial charge in [-0.25, -0.2) is 0 Å². The Labute approximate surface area is 149 Å². The predicted octanol–water partition coefficient (Wildman–Crippen LogP) is 3.34. The molecule has 2 amide bonds. The third-order valence-electron chi connectivity index (χ3n) is 4.07. The predicted molar refractivity (Wildman–Crippen MR) is 92.3 cm³/mol. The number of nitrogens with zero attached hydrogens (tertiary/aromatic N) is 1. The Hall–Kier alpha value is -2.96. The fourth-order valence-corrected chi connectivity index (χ4v) is 2.85. The van der Waals surface area contributed by atoms with Gasteiger partial charge in [0.25, 0.3) is 5.91 Å². The van der Waals surface area contributed by atoms with Crippen LogP contribution in [-0.4, -0.2) is 25.0 Å². The van der Waals surface area contributed by atoms with Gasteiger partial charge in [0.05, 0.1) is 0 Å². The van der Waals surface area contributed by atoms with Crippen molar-refractivity contribution in [3.05, 3.63) is 59.7 Å². The molecule has 26 heavy (non-hydrogen) atoms. The van der Waals surface area contributed by atoms with Gasteiger partial charge in [-0.05, 0) is 42.3 Å². The highest BCUT2D eigenvalue weighted by Gasteiger charge is 2.22. The lowest BCUT2D eigenvalue weighted by atomic mass is 10.1. The van der Waals surface area contributed by atoms with E-state index in [2.05, 4.69) is 10.1 Å². The summed E-state index contributed by atoms with van der Waals surface area (Å²) in [6.07, 6.45) is 1.33. The first-order valence-electron chi connectivity index (χ1n) is 8.25. The zero-order chi connectivity index (χ0) is 18.5. The number of amides is 2. The van der Waals surface area contributed by atoms with E-state index in [1.54, 1.807) is 41.3 Å². The second-order valence-corrected chi connectivity index (χ2v) is 5.91. The highest BCUT2D eigenvalue weighted by molar-refractivity contribution is 5.99. The number of nitrogens with one attached hydrogen (secondary N) is 1. The number of carbonyl (C=O) groups excluding carboxylic acids is 2. The molecule has 1 aliphatic heterocycles. The van der Waals surface area contributed by atoms with Gasteiger partial charge in [0.1, 0.15) is 5.75 Å². The molecule has 0 aliphatic carbocycles. The zero-order valence-corrected chi connectivity index (χ0v) is 14.0. The SMILES string of the molecule is O=C(NCc1cccc(OC(F)F)c1)c1cccc(N2CCCC2=O)c1. The van der Waals surface area contributed by atoms with Crippen molar-refractivity contribution in [1.29, 1.82) is 0 Å². The molecule has 1 saturated heterocycles. The number of alkyl halides is 2. The number of benzene rings is 2. The lowest BCUT2D eigenvalue weighted by Gasteiger charge is -2.16. The number of hydrogen-bond acceptors (Lipinski definition) is 3. The molecule has 1 fully saturated rings. The summed E-state index contributed by atoms with van der Waals surface area (Å²) in [6.45, 7) is -2.07. The third kappa shape index (κ3) is 4.36. The molecule has 0 bridgehead atoms. The Morgan fingerprint density at radius 1 is 1.19 bits per heavy atom. The minimum absolute atomic E-state index is 0.0429. The summed E-state index contributed by atoms with van der Waals surface area (Å²) in [4.78, 5) is 25.9. The van der Waals surface area contributed by atoms with Crippen LogP contribution in [0.4, 0.5) is 14.5 Å². The largest absolute Gasteiger partial charge is 0.435 e. The molecule has 1 heterocycles. The fourth-order valence-electron chi connectivity index (χ4n) is 2.85. The van der Waals surface area contributed by atoms with E-state index in [1.165, 1.54) is 12.1 Å². The second-order valence-electron chi connectivity index (χ2n) is 5.91. The number of carbonyl (C=O) groups is 2. The zero-order valence-electron chi connectivity index (χ0n) is 14.0. The van der Waals surface area contributed by atoms with E-state index >= 15 is 0 Å². The maximum absolute atomic E-state index is 12.4. The minimum atomic E-state index is -2.89. The topological polar surface area (TPSA) is 58.6 Å². The molecule has 2 aromatic carbocycles. The highest BCUT2D eigenvalue weighted by atomic mass is 19.3. The Morgan fingerprint density at radius 2 is 2.00 bits per heavy atom. The van der Waals surface area contributed by atoms with Crippen molar-refractivity contribution in [1.82, 2.24) is 5.32 Å². The molecule has 0 radical (unpaired) electrons. The first-order valence-corrected chi connectivity index (χ1v) is 8.25. The van der Waals surface area contributed by atoms with E-state index in [1.807, 2.05) is 0 Å². The van der Waals surface area contributed by atoms with E-state index in [-0.39, 0.29) is 24.1 Å². The number of rotatable bonds is 6. The van der Waals surface area contributed by atoms with Crippen LogP contribution in [0.3, 0.4) is 0 Å². The van der Waals surface area contributed by atoms with E-state index in [4.69, 9.17) is 0 Å². The Bertz CT molecular complexity index is 811. The quantitative estimate of drug-likeness (QED) is 0.860. The van der Waals surface area contributed by atoms with E-state index in [9.17, 15) is 18.4 Å². The van der Waals surface area contributed by atoms with Crippen molar-refractivity contribution in [2.75, 3.05) is 11.4 Å². The first-order chi connectivity index (χ1) is 12.5. The normalized spacial score (nSPS) is 14.0. The summed E-state index contributed by atoms with van der Waals surface area (Å²) < 4.78 is 28.9. The van der Waals surface area contributed by atoms with Gasteiger partial charge in [0, 0.05) is 30.8 Å². The molecule has 136 valence electrons. The van der Waals surface area contributed by atoms with Crippen LogP contribution in [0.25, 0.3) is 0 Å². The standard InChI is InChI=1S/C19H18F2N2O3/c20-19(21)26-16-7-1-4-13(10-16)12-22-18(25)14-5-2-6-15(11-14)23-9-3-8-17(23)24/h1-2,4-7,10-11,19H,3,8-9,12H2,(H,22,25). The average Bonchev–Trinajstić information content (AvgIpc) is 3.05.